The van der Waals surface area contributed by atoms with Gasteiger partial charge < -0.3 is 10.5 Å². The average Bonchev–Trinajstić information content (AvgIpc) is 2.87. The van der Waals surface area contributed by atoms with Crippen molar-refractivity contribution in [2.75, 3.05) is 7.11 Å². The van der Waals surface area contributed by atoms with Crippen LogP contribution in [0.25, 0.3) is 0 Å². The molecule has 19 heavy (non-hydrogen) atoms. The Morgan fingerprint density at radius 2 is 2.26 bits per heavy atom. The summed E-state index contributed by atoms with van der Waals surface area (Å²) < 4.78 is 23.1. The van der Waals surface area contributed by atoms with Crippen LogP contribution < -0.4 is 10.5 Å². The van der Waals surface area contributed by atoms with E-state index in [0.717, 1.165) is 23.4 Å². The Hall–Kier alpha value is -1.53. The number of hydrogen-bond acceptors (Lipinski definition) is 5. The van der Waals surface area contributed by atoms with Crippen LogP contribution in [0, 0.1) is 5.82 Å². The molecule has 1 atom stereocenters. The maximum absolute atomic E-state index is 14.2. The van der Waals surface area contributed by atoms with Crippen LogP contribution in [0.3, 0.4) is 0 Å². The van der Waals surface area contributed by atoms with Gasteiger partial charge in [-0.05, 0) is 24.0 Å². The molecule has 0 bridgehead atoms. The van der Waals surface area contributed by atoms with E-state index >= 15 is 0 Å². The first-order chi connectivity index (χ1) is 9.19. The number of methoxy groups -OCH3 is 1. The Balaban J connectivity index is 2.38. The van der Waals surface area contributed by atoms with Gasteiger partial charge in [-0.3, -0.25) is 0 Å². The van der Waals surface area contributed by atoms with Crippen molar-refractivity contribution < 1.29 is 9.13 Å². The van der Waals surface area contributed by atoms with Gasteiger partial charge in [-0.1, -0.05) is 30.0 Å². The lowest BCUT2D eigenvalue weighted by atomic mass is 10.0. The van der Waals surface area contributed by atoms with Crippen molar-refractivity contribution in [2.45, 2.75) is 25.8 Å². The summed E-state index contributed by atoms with van der Waals surface area (Å²) >= 11 is 1.22. The minimum absolute atomic E-state index is 0.197. The molecular formula is C13H16FN3OS. The molecule has 2 rings (SSSR count). The molecule has 0 aliphatic carbocycles. The number of hydrogen-bond donors (Lipinski definition) is 1. The third-order valence-corrected chi connectivity index (χ3v) is 3.75. The summed E-state index contributed by atoms with van der Waals surface area (Å²) in [5, 5.41) is 4.06. The zero-order valence-electron chi connectivity index (χ0n) is 10.9. The highest BCUT2D eigenvalue weighted by atomic mass is 32.1. The zero-order valence-corrected chi connectivity index (χ0v) is 11.7. The minimum Gasteiger partial charge on any atom is -0.494 e. The van der Waals surface area contributed by atoms with Crippen LogP contribution in [-0.4, -0.2) is 16.7 Å². The Morgan fingerprint density at radius 3 is 2.95 bits per heavy atom. The van der Waals surface area contributed by atoms with Gasteiger partial charge in [0, 0.05) is 5.56 Å². The summed E-state index contributed by atoms with van der Waals surface area (Å²) in [6.45, 7) is 2.06. The number of aromatic nitrogens is 2. The maximum atomic E-state index is 14.2. The van der Waals surface area contributed by atoms with Crippen molar-refractivity contribution in [3.8, 4) is 5.75 Å². The van der Waals surface area contributed by atoms with Crippen molar-refractivity contribution in [2.24, 2.45) is 5.73 Å². The molecule has 0 amide bonds. The molecule has 2 aromatic rings. The Labute approximate surface area is 115 Å². The first kappa shape index (κ1) is 13.9. The van der Waals surface area contributed by atoms with E-state index in [1.165, 1.54) is 18.6 Å². The van der Waals surface area contributed by atoms with Crippen molar-refractivity contribution >= 4 is 11.5 Å². The van der Waals surface area contributed by atoms with Gasteiger partial charge in [-0.15, -0.1) is 5.10 Å². The van der Waals surface area contributed by atoms with Gasteiger partial charge in [0.25, 0.3) is 0 Å². The highest BCUT2D eigenvalue weighted by Gasteiger charge is 2.21. The molecule has 1 unspecified atom stereocenters. The molecule has 4 nitrogen and oxygen atoms in total. The molecule has 0 saturated heterocycles. The summed E-state index contributed by atoms with van der Waals surface area (Å²) in [5.74, 6) is -0.226. The molecule has 102 valence electrons. The van der Waals surface area contributed by atoms with E-state index in [1.54, 1.807) is 18.2 Å². The van der Waals surface area contributed by atoms with E-state index in [2.05, 4.69) is 16.5 Å². The van der Waals surface area contributed by atoms with Crippen LogP contribution in [0.1, 0.15) is 35.5 Å². The third kappa shape index (κ3) is 2.74. The molecule has 1 aromatic carbocycles. The normalized spacial score (nSPS) is 12.4. The van der Waals surface area contributed by atoms with Gasteiger partial charge in [0.1, 0.15) is 0 Å². The van der Waals surface area contributed by atoms with Crippen LogP contribution in [0.2, 0.25) is 0 Å². The van der Waals surface area contributed by atoms with Gasteiger partial charge in [0.15, 0.2) is 11.6 Å². The van der Waals surface area contributed by atoms with E-state index in [1.807, 2.05) is 0 Å². The Bertz CT molecular complexity index is 559. The van der Waals surface area contributed by atoms with Gasteiger partial charge >= 0.3 is 0 Å². The summed E-state index contributed by atoms with van der Waals surface area (Å²) in [7, 11) is 1.44. The van der Waals surface area contributed by atoms with Crippen molar-refractivity contribution in [3.63, 3.8) is 0 Å². The minimum atomic E-state index is -0.559. The fourth-order valence-corrected chi connectivity index (χ4v) is 2.64. The largest absolute Gasteiger partial charge is 0.494 e. The quantitative estimate of drug-likeness (QED) is 0.915. The molecule has 0 radical (unpaired) electrons. The molecule has 1 heterocycles. The lowest BCUT2D eigenvalue weighted by Gasteiger charge is -2.13. The first-order valence-electron chi connectivity index (χ1n) is 6.08. The third-order valence-electron chi connectivity index (χ3n) is 2.90. The van der Waals surface area contributed by atoms with Gasteiger partial charge in [0.05, 0.1) is 23.7 Å². The molecule has 1 aromatic heterocycles. The first-order valence-corrected chi connectivity index (χ1v) is 6.85. The maximum Gasteiger partial charge on any atom is 0.170 e. The second-order valence-electron chi connectivity index (χ2n) is 4.18. The van der Waals surface area contributed by atoms with Crippen LogP contribution >= 0.6 is 11.5 Å². The molecule has 6 heteroatoms. The fraction of sp³-hybridized carbons (Fsp3) is 0.385. The number of nitrogens with zero attached hydrogens (tertiary/aromatic N) is 2. The van der Waals surface area contributed by atoms with E-state index < -0.39 is 11.9 Å². The van der Waals surface area contributed by atoms with E-state index in [9.17, 15) is 4.39 Å². The molecule has 0 fully saturated rings. The van der Waals surface area contributed by atoms with Crippen molar-refractivity contribution in [1.82, 2.24) is 9.59 Å². The van der Waals surface area contributed by atoms with Crippen LogP contribution in [0.5, 0.6) is 5.75 Å². The SMILES string of the molecule is CCCc1nnsc1C(N)c1cccc(OC)c1F. The number of ether oxygens (including phenoxy) is 1. The summed E-state index contributed by atoms with van der Waals surface area (Å²) in [5.41, 5.74) is 7.41. The Morgan fingerprint density at radius 1 is 1.47 bits per heavy atom. The number of rotatable bonds is 5. The monoisotopic (exact) mass is 281 g/mol. The van der Waals surface area contributed by atoms with Gasteiger partial charge in [-0.2, -0.15) is 0 Å². The predicted octanol–water partition coefficient (Wildman–Crippen LogP) is 2.69. The molecule has 0 aliphatic rings. The number of halogens is 1. The standard InChI is InChI=1S/C13H16FN3OS/c1-3-5-9-13(19-17-16-9)12(15)8-6-4-7-10(18-2)11(8)14/h4,6-7,12H,3,5,15H2,1-2H3. The molecule has 0 saturated carbocycles. The van der Waals surface area contributed by atoms with Crippen molar-refractivity contribution in [1.29, 1.82) is 0 Å². The van der Waals surface area contributed by atoms with E-state index in [4.69, 9.17) is 10.5 Å². The topological polar surface area (TPSA) is 61.0 Å². The second-order valence-corrected chi connectivity index (χ2v) is 4.96. The van der Waals surface area contributed by atoms with E-state index in [0.29, 0.717) is 5.56 Å². The molecule has 0 aliphatic heterocycles. The van der Waals surface area contributed by atoms with Crippen molar-refractivity contribution in [3.05, 3.63) is 40.2 Å². The fourth-order valence-electron chi connectivity index (χ4n) is 1.93. The number of aryl methyl sites for hydroxylation is 1. The lowest BCUT2D eigenvalue weighted by molar-refractivity contribution is 0.383. The highest BCUT2D eigenvalue weighted by Crippen LogP contribution is 2.30. The highest BCUT2D eigenvalue weighted by molar-refractivity contribution is 7.05. The zero-order chi connectivity index (χ0) is 13.8. The Kier molecular flexibility index (Phi) is 4.44. The predicted molar refractivity (Wildman–Crippen MR) is 72.9 cm³/mol. The van der Waals surface area contributed by atoms with Gasteiger partial charge in [-0.25, -0.2) is 4.39 Å². The van der Waals surface area contributed by atoms with Crippen LogP contribution in [-0.2, 0) is 6.42 Å². The molecule has 0 spiro atoms. The molecular weight excluding hydrogens is 265 g/mol. The summed E-state index contributed by atoms with van der Waals surface area (Å²) in [6.07, 6.45) is 1.75. The average molecular weight is 281 g/mol. The lowest BCUT2D eigenvalue weighted by Crippen LogP contribution is -2.14. The summed E-state index contributed by atoms with van der Waals surface area (Å²) in [6, 6.07) is 4.41. The van der Waals surface area contributed by atoms with Crippen LogP contribution in [0.15, 0.2) is 18.2 Å². The molecule has 2 N–H and O–H groups in total. The summed E-state index contributed by atoms with van der Waals surface area (Å²) in [4.78, 5) is 0.814. The van der Waals surface area contributed by atoms with Gasteiger partial charge in [0.2, 0.25) is 0 Å². The second kappa shape index (κ2) is 6.08. The van der Waals surface area contributed by atoms with E-state index in [-0.39, 0.29) is 5.75 Å². The smallest absolute Gasteiger partial charge is 0.170 e. The number of nitrogens with two attached hydrogens (primary N) is 1. The van der Waals surface area contributed by atoms with Crippen LogP contribution in [0.4, 0.5) is 4.39 Å². The number of benzene rings is 1.